The molecule has 1 aliphatic rings. The first-order chi connectivity index (χ1) is 14.1. The summed E-state index contributed by atoms with van der Waals surface area (Å²) in [4.78, 5) is 25.6. The van der Waals surface area contributed by atoms with Gasteiger partial charge in [-0.05, 0) is 37.0 Å². The van der Waals surface area contributed by atoms with E-state index in [4.69, 9.17) is 4.98 Å². The molecule has 2 heterocycles. The zero-order chi connectivity index (χ0) is 22.1. The van der Waals surface area contributed by atoms with Crippen LogP contribution in [0.3, 0.4) is 0 Å². The molecule has 1 aliphatic heterocycles. The van der Waals surface area contributed by atoms with Gasteiger partial charge in [-0.25, -0.2) is 9.97 Å². The fraction of sp³-hybridized carbons (Fsp3) is 0.500. The lowest BCUT2D eigenvalue weighted by Crippen LogP contribution is -2.41. The van der Waals surface area contributed by atoms with E-state index in [0.29, 0.717) is 29.3 Å². The number of halogens is 3. The van der Waals surface area contributed by atoms with E-state index in [1.807, 2.05) is 32.8 Å². The lowest BCUT2D eigenvalue weighted by atomic mass is 9.92. The van der Waals surface area contributed by atoms with Gasteiger partial charge in [0, 0.05) is 38.3 Å². The maximum atomic E-state index is 13.0. The predicted octanol–water partition coefficient (Wildman–Crippen LogP) is 4.94. The van der Waals surface area contributed by atoms with Crippen molar-refractivity contribution in [3.05, 3.63) is 41.7 Å². The van der Waals surface area contributed by atoms with Crippen LogP contribution in [0.2, 0.25) is 0 Å². The van der Waals surface area contributed by atoms with Gasteiger partial charge in [0.25, 0.3) is 0 Å². The normalized spacial score (nSPS) is 17.3. The van der Waals surface area contributed by atoms with Crippen LogP contribution in [-0.2, 0) is 11.0 Å². The number of hydrogen-bond donors (Lipinski definition) is 0. The van der Waals surface area contributed by atoms with Crippen molar-refractivity contribution in [3.63, 3.8) is 0 Å². The minimum atomic E-state index is -4.39. The molecule has 5 nitrogen and oxygen atoms in total. The molecular formula is C22H27F3N4O. The second-order valence-electron chi connectivity index (χ2n) is 8.14. The second kappa shape index (κ2) is 8.62. The molecule has 2 aromatic rings. The highest BCUT2D eigenvalue weighted by Gasteiger charge is 2.33. The van der Waals surface area contributed by atoms with Gasteiger partial charge in [0.1, 0.15) is 0 Å². The van der Waals surface area contributed by atoms with Crippen LogP contribution in [0, 0.1) is 5.92 Å². The summed E-state index contributed by atoms with van der Waals surface area (Å²) >= 11 is 0. The summed E-state index contributed by atoms with van der Waals surface area (Å²) in [6.07, 6.45) is -0.101. The summed E-state index contributed by atoms with van der Waals surface area (Å²) in [6.45, 7) is 4.39. The minimum Gasteiger partial charge on any atom is -0.347 e. The summed E-state index contributed by atoms with van der Waals surface area (Å²) in [5, 5.41) is 0. The highest BCUT2D eigenvalue weighted by Crippen LogP contribution is 2.38. The Bertz CT molecular complexity index is 894. The first-order valence-corrected chi connectivity index (χ1v) is 10.1. The summed E-state index contributed by atoms with van der Waals surface area (Å²) in [5.41, 5.74) is 1.24. The zero-order valence-electron chi connectivity index (χ0n) is 17.7. The van der Waals surface area contributed by atoms with E-state index in [0.717, 1.165) is 31.4 Å². The topological polar surface area (TPSA) is 49.3 Å². The van der Waals surface area contributed by atoms with Gasteiger partial charge in [0.2, 0.25) is 11.9 Å². The monoisotopic (exact) mass is 420 g/mol. The molecule has 30 heavy (non-hydrogen) atoms. The number of anilines is 1. The molecule has 1 fully saturated rings. The molecule has 0 N–H and O–H groups in total. The molecule has 0 aliphatic carbocycles. The summed E-state index contributed by atoms with van der Waals surface area (Å²) in [6, 6.07) is 4.79. The van der Waals surface area contributed by atoms with E-state index in [-0.39, 0.29) is 17.9 Å². The van der Waals surface area contributed by atoms with Crippen LogP contribution < -0.4 is 4.90 Å². The smallest absolute Gasteiger partial charge is 0.347 e. The number of piperidine rings is 1. The predicted molar refractivity (Wildman–Crippen MR) is 110 cm³/mol. The van der Waals surface area contributed by atoms with Crippen LogP contribution in [0.15, 0.2) is 30.5 Å². The Balaban J connectivity index is 2.09. The lowest BCUT2D eigenvalue weighted by molar-refractivity contribution is -0.139. The average Bonchev–Trinajstić information content (AvgIpc) is 2.72. The molecule has 8 heteroatoms. The maximum absolute atomic E-state index is 13.0. The van der Waals surface area contributed by atoms with Crippen LogP contribution >= 0.6 is 0 Å². The van der Waals surface area contributed by atoms with Gasteiger partial charge in [-0.2, -0.15) is 13.2 Å². The van der Waals surface area contributed by atoms with Crippen LogP contribution in [-0.4, -0.2) is 41.4 Å². The number of carbonyl (C=O) groups excluding carboxylic acids is 1. The number of nitrogens with zero attached hydrogens (tertiary/aromatic N) is 4. The molecule has 3 rings (SSSR count). The van der Waals surface area contributed by atoms with E-state index < -0.39 is 11.7 Å². The maximum Gasteiger partial charge on any atom is 0.416 e. The summed E-state index contributed by atoms with van der Waals surface area (Å²) in [5.74, 6) is 0.418. The number of amides is 1. The number of carbonyl (C=O) groups is 1. The van der Waals surface area contributed by atoms with E-state index >= 15 is 0 Å². The first kappa shape index (κ1) is 22.1. The fourth-order valence-corrected chi connectivity index (χ4v) is 3.73. The Morgan fingerprint density at radius 2 is 1.83 bits per heavy atom. The molecule has 0 bridgehead atoms. The van der Waals surface area contributed by atoms with Crippen molar-refractivity contribution >= 4 is 11.9 Å². The van der Waals surface area contributed by atoms with Crippen molar-refractivity contribution in [3.8, 4) is 11.1 Å². The fourth-order valence-electron chi connectivity index (χ4n) is 3.73. The summed E-state index contributed by atoms with van der Waals surface area (Å²) in [7, 11) is 3.66. The van der Waals surface area contributed by atoms with Crippen molar-refractivity contribution in [2.24, 2.45) is 5.92 Å². The van der Waals surface area contributed by atoms with E-state index in [1.165, 1.54) is 12.1 Å². The van der Waals surface area contributed by atoms with Gasteiger partial charge in [-0.3, -0.25) is 4.79 Å². The van der Waals surface area contributed by atoms with E-state index in [1.54, 1.807) is 11.1 Å². The highest BCUT2D eigenvalue weighted by molar-refractivity contribution is 5.79. The Morgan fingerprint density at radius 1 is 1.17 bits per heavy atom. The second-order valence-corrected chi connectivity index (χ2v) is 8.14. The molecule has 1 aromatic heterocycles. The molecule has 0 spiro atoms. The third-order valence-corrected chi connectivity index (χ3v) is 5.32. The van der Waals surface area contributed by atoms with Gasteiger partial charge in [-0.1, -0.05) is 26.0 Å². The van der Waals surface area contributed by atoms with Gasteiger partial charge >= 0.3 is 6.18 Å². The number of likely N-dealkylation sites (tertiary alicyclic amines) is 1. The van der Waals surface area contributed by atoms with E-state index in [2.05, 4.69) is 4.98 Å². The molecule has 1 saturated heterocycles. The van der Waals surface area contributed by atoms with Crippen LogP contribution in [0.5, 0.6) is 0 Å². The van der Waals surface area contributed by atoms with Crippen molar-refractivity contribution in [2.45, 2.75) is 45.3 Å². The Labute approximate surface area is 174 Å². The quantitative estimate of drug-likeness (QED) is 0.703. The van der Waals surface area contributed by atoms with Crippen LogP contribution in [0.25, 0.3) is 11.1 Å². The van der Waals surface area contributed by atoms with Crippen molar-refractivity contribution in [1.29, 1.82) is 0 Å². The Morgan fingerprint density at radius 3 is 2.40 bits per heavy atom. The van der Waals surface area contributed by atoms with Crippen molar-refractivity contribution in [2.75, 3.05) is 25.5 Å². The average molecular weight is 420 g/mol. The first-order valence-electron chi connectivity index (χ1n) is 10.1. The molecule has 0 unspecified atom stereocenters. The van der Waals surface area contributed by atoms with Crippen LogP contribution in [0.1, 0.15) is 50.4 Å². The van der Waals surface area contributed by atoms with Crippen molar-refractivity contribution < 1.29 is 18.0 Å². The lowest BCUT2D eigenvalue weighted by Gasteiger charge is -2.37. The van der Waals surface area contributed by atoms with E-state index in [9.17, 15) is 18.0 Å². The molecule has 1 amide bonds. The number of alkyl halides is 3. The largest absolute Gasteiger partial charge is 0.416 e. The molecular weight excluding hydrogens is 393 g/mol. The summed E-state index contributed by atoms with van der Waals surface area (Å²) < 4.78 is 38.9. The molecule has 0 saturated carbocycles. The standard InChI is InChI=1S/C22H27F3N4O/c1-14(2)20(30)29-12-6-5-7-18(29)19-17(13-26-21(27-19)28(3)4)15-8-10-16(11-9-15)22(23,24)25/h8-11,13-14,18H,5-7,12H2,1-4H3/t18-/m0/s1. The highest BCUT2D eigenvalue weighted by atomic mass is 19.4. The SMILES string of the molecule is CC(C)C(=O)N1CCCC[C@H]1c1nc(N(C)C)ncc1-c1ccc(C(F)(F)F)cc1. The van der Waals surface area contributed by atoms with Crippen LogP contribution in [0.4, 0.5) is 19.1 Å². The Kier molecular flexibility index (Phi) is 6.33. The third-order valence-electron chi connectivity index (χ3n) is 5.32. The molecule has 162 valence electrons. The Hall–Kier alpha value is -2.64. The zero-order valence-corrected chi connectivity index (χ0v) is 17.7. The molecule has 1 aromatic carbocycles. The molecule has 1 atom stereocenters. The van der Waals surface area contributed by atoms with Crippen molar-refractivity contribution in [1.82, 2.24) is 14.9 Å². The minimum absolute atomic E-state index is 0.0584. The van der Waals surface area contributed by atoms with Gasteiger partial charge in [-0.15, -0.1) is 0 Å². The van der Waals surface area contributed by atoms with Gasteiger partial charge in [0.05, 0.1) is 17.3 Å². The number of hydrogen-bond acceptors (Lipinski definition) is 4. The van der Waals surface area contributed by atoms with Gasteiger partial charge in [0.15, 0.2) is 0 Å². The number of aromatic nitrogens is 2. The van der Waals surface area contributed by atoms with Gasteiger partial charge < -0.3 is 9.80 Å². The third kappa shape index (κ3) is 4.57. The number of rotatable bonds is 4. The number of benzene rings is 1. The molecule has 0 radical (unpaired) electrons.